The molecule has 0 aliphatic heterocycles. The molecule has 0 aliphatic rings. The summed E-state index contributed by atoms with van der Waals surface area (Å²) in [6.45, 7) is -9.61. The summed E-state index contributed by atoms with van der Waals surface area (Å²) in [6.07, 6.45) is 0.378. The summed E-state index contributed by atoms with van der Waals surface area (Å²) >= 11 is 0. The first kappa shape index (κ1) is 12.5. The molecule has 3 N–H and O–H groups in total. The third-order valence-corrected chi connectivity index (χ3v) is 4.58. The molecule has 5 heteroatoms. The molecule has 0 radical (unpaired) electrons. The van der Waals surface area contributed by atoms with Gasteiger partial charge in [-0.25, -0.2) is 0 Å². The van der Waals surface area contributed by atoms with Crippen LogP contribution < -0.4 is 10.1 Å². The van der Waals surface area contributed by atoms with Gasteiger partial charge >= 0.3 is 0 Å². The van der Waals surface area contributed by atoms with Gasteiger partial charge in [-0.2, -0.15) is 0 Å². The van der Waals surface area contributed by atoms with Crippen LogP contribution in [0.1, 0.15) is 79.5 Å². The van der Waals surface area contributed by atoms with Crippen molar-refractivity contribution in [2.45, 2.75) is 64.5 Å². The highest BCUT2D eigenvalue weighted by atomic mass is 16.5. The zero-order chi connectivity index (χ0) is 31.7. The molecule has 3 atom stereocenters. The molecule has 2 rings (SSSR count). The largest absolute Gasteiger partial charge is 0.493 e. The third-order valence-electron chi connectivity index (χ3n) is 4.58. The first-order valence-electron chi connectivity index (χ1n) is 15.1. The molecule has 0 fully saturated rings. The van der Waals surface area contributed by atoms with E-state index in [4.69, 9.17) is 19.8 Å². The van der Waals surface area contributed by atoms with Crippen LogP contribution in [0.4, 0.5) is 0 Å². The number of hydrogen-bond donors (Lipinski definition) is 3. The van der Waals surface area contributed by atoms with E-state index in [1.165, 1.54) is 12.1 Å². The zero-order valence-electron chi connectivity index (χ0n) is 28.0. The Kier molecular flexibility index (Phi) is 4.20. The molecule has 0 unspecified atom stereocenters. The Balaban J connectivity index is 2.57. The molecule has 2 aromatic rings. The molecule has 0 saturated heterocycles. The molecule has 0 spiro atoms. The smallest absolute Gasteiger partial charge is 0.256 e. The van der Waals surface area contributed by atoms with Crippen LogP contribution in [0, 0.1) is 5.92 Å². The van der Waals surface area contributed by atoms with Crippen molar-refractivity contribution < 1.29 is 34.8 Å². The van der Waals surface area contributed by atoms with E-state index in [2.05, 4.69) is 5.32 Å². The molecule has 0 aromatic heterocycles. The van der Waals surface area contributed by atoms with Crippen LogP contribution in [0.3, 0.4) is 0 Å². The lowest BCUT2D eigenvalue weighted by molar-refractivity contribution is -0.141. The normalized spacial score (nSPS) is 22.9. The minimum absolute atomic E-state index is 0.00122. The van der Waals surface area contributed by atoms with Gasteiger partial charge in [0.05, 0.1) is 20.9 Å². The maximum atomic E-state index is 13.3. The molecule has 1 amide bonds. The minimum Gasteiger partial charge on any atom is -0.493 e. The standard InChI is InChI=1S/C25H35NO4/c1-6-10-18(2)17-30-21-15-13-19(14-16-21)22(24(3,4)28)26-23(27)25(5,29)20-11-8-7-9-12-20/h7-9,11-16,18,22,28-29H,6,10,17H2,1-5H3,(H,26,27)/t18-,22-,25-/m1/s1/i2D3,3D3,4D3,17D2. The molecule has 0 bridgehead atoms. The summed E-state index contributed by atoms with van der Waals surface area (Å²) in [4.78, 5) is 13.3. The molecule has 5 nitrogen and oxygen atoms in total. The Labute approximate surface area is 195 Å². The van der Waals surface area contributed by atoms with Crippen molar-refractivity contribution >= 4 is 5.91 Å². The number of rotatable bonds is 10. The number of aliphatic hydroxyl groups is 2. The summed E-state index contributed by atoms with van der Waals surface area (Å²) in [5.74, 6) is -2.84. The fraction of sp³-hybridized carbons (Fsp3) is 0.480. The fourth-order valence-electron chi connectivity index (χ4n) is 2.81. The summed E-state index contributed by atoms with van der Waals surface area (Å²) < 4.78 is 92.1. The second-order valence-electron chi connectivity index (χ2n) is 7.24. The van der Waals surface area contributed by atoms with Crippen molar-refractivity contribution in [2.24, 2.45) is 5.92 Å². The van der Waals surface area contributed by atoms with Crippen LogP contribution in [0.25, 0.3) is 0 Å². The van der Waals surface area contributed by atoms with Gasteiger partial charge in [-0.3, -0.25) is 4.79 Å². The van der Waals surface area contributed by atoms with Gasteiger partial charge in [0, 0.05) is 12.3 Å². The molecular formula is C25H35NO4. The van der Waals surface area contributed by atoms with Crippen LogP contribution in [0.5, 0.6) is 5.75 Å². The predicted octanol–water partition coefficient (Wildman–Crippen LogP) is 4.34. The third kappa shape index (κ3) is 6.31. The first-order chi connectivity index (χ1) is 18.5. The number of hydrogen-bond acceptors (Lipinski definition) is 4. The van der Waals surface area contributed by atoms with E-state index in [9.17, 15) is 15.0 Å². The Morgan fingerprint density at radius 2 is 1.83 bits per heavy atom. The molecule has 0 saturated carbocycles. The van der Waals surface area contributed by atoms with Gasteiger partial charge in [0.1, 0.15) is 5.75 Å². The average Bonchev–Trinajstić information content (AvgIpc) is 2.84. The predicted molar refractivity (Wildman–Crippen MR) is 119 cm³/mol. The Bertz CT molecular complexity index is 1150. The molecule has 2 aromatic carbocycles. The second kappa shape index (κ2) is 10.1. The first-order valence-corrected chi connectivity index (χ1v) is 9.60. The molecule has 0 aliphatic carbocycles. The van der Waals surface area contributed by atoms with Crippen LogP contribution in [0.15, 0.2) is 54.6 Å². The van der Waals surface area contributed by atoms with Crippen molar-refractivity contribution in [3.8, 4) is 5.75 Å². The number of ether oxygens (including phenoxy) is 1. The summed E-state index contributed by atoms with van der Waals surface area (Å²) in [7, 11) is 0. The van der Waals surface area contributed by atoms with Crippen molar-refractivity contribution in [3.05, 3.63) is 65.7 Å². The summed E-state index contributed by atoms with van der Waals surface area (Å²) in [6, 6.07) is 9.95. The quantitative estimate of drug-likeness (QED) is 0.530. The van der Waals surface area contributed by atoms with E-state index >= 15 is 0 Å². The fourth-order valence-corrected chi connectivity index (χ4v) is 2.81. The highest BCUT2D eigenvalue weighted by molar-refractivity contribution is 5.86. The lowest BCUT2D eigenvalue weighted by Gasteiger charge is -2.33. The van der Waals surface area contributed by atoms with E-state index in [1.807, 2.05) is 0 Å². The Morgan fingerprint density at radius 3 is 2.40 bits per heavy atom. The van der Waals surface area contributed by atoms with Gasteiger partial charge in [-0.15, -0.1) is 0 Å². The Hall–Kier alpha value is -2.37. The zero-order valence-corrected chi connectivity index (χ0v) is 17.0. The summed E-state index contributed by atoms with van der Waals surface area (Å²) in [5, 5.41) is 24.5. The van der Waals surface area contributed by atoms with Crippen molar-refractivity contribution in [1.29, 1.82) is 0 Å². The highest BCUT2D eigenvalue weighted by Crippen LogP contribution is 2.29. The molecule has 0 heterocycles. The van der Waals surface area contributed by atoms with E-state index < -0.39 is 56.2 Å². The van der Waals surface area contributed by atoms with Gasteiger partial charge in [0.25, 0.3) is 5.91 Å². The summed E-state index contributed by atoms with van der Waals surface area (Å²) in [5.41, 5.74) is -5.89. The number of amides is 1. The maximum absolute atomic E-state index is 13.3. The van der Waals surface area contributed by atoms with Crippen LogP contribution >= 0.6 is 0 Å². The minimum atomic E-state index is -3.56. The lowest BCUT2D eigenvalue weighted by Crippen LogP contribution is -2.49. The van der Waals surface area contributed by atoms with Gasteiger partial charge in [-0.1, -0.05) is 62.7 Å². The monoisotopic (exact) mass is 424 g/mol. The van der Waals surface area contributed by atoms with Crippen molar-refractivity contribution in [3.63, 3.8) is 0 Å². The molecule has 30 heavy (non-hydrogen) atoms. The van der Waals surface area contributed by atoms with Crippen LogP contribution in [-0.2, 0) is 10.4 Å². The van der Waals surface area contributed by atoms with E-state index in [0.29, 0.717) is 6.42 Å². The number of carbonyl (C=O) groups is 1. The Morgan fingerprint density at radius 1 is 1.17 bits per heavy atom. The van der Waals surface area contributed by atoms with Crippen LogP contribution in [-0.4, -0.2) is 28.3 Å². The molecular weight excluding hydrogens is 378 g/mol. The van der Waals surface area contributed by atoms with Gasteiger partial charge in [0.2, 0.25) is 0 Å². The van der Waals surface area contributed by atoms with Gasteiger partial charge in [0.15, 0.2) is 5.60 Å². The van der Waals surface area contributed by atoms with Crippen molar-refractivity contribution in [1.82, 2.24) is 5.32 Å². The van der Waals surface area contributed by atoms with Crippen LogP contribution in [0.2, 0.25) is 0 Å². The SMILES string of the molecule is [2H]C([2H])([2H])[C@H](CCC)C([2H])([2H])Oc1ccc([C@@H](NC(=O)[C@](C)(O)c2ccccc2)C(O)(C([2H])([2H])[2H])C([2H])([2H])[2H])cc1. The van der Waals surface area contributed by atoms with Crippen molar-refractivity contribution in [2.75, 3.05) is 6.56 Å². The number of nitrogens with one attached hydrogen (secondary N) is 1. The topological polar surface area (TPSA) is 78.8 Å². The highest BCUT2D eigenvalue weighted by Gasteiger charge is 2.37. The molecule has 164 valence electrons. The second-order valence-corrected chi connectivity index (χ2v) is 7.24. The van der Waals surface area contributed by atoms with Gasteiger partial charge in [-0.05, 0) is 56.2 Å². The number of carbonyl (C=O) groups excluding carboxylic acids is 1. The van der Waals surface area contributed by atoms with E-state index in [-0.39, 0.29) is 23.3 Å². The lowest BCUT2D eigenvalue weighted by atomic mass is 9.89. The number of benzene rings is 2. The van der Waals surface area contributed by atoms with Gasteiger partial charge < -0.3 is 20.3 Å². The average molecular weight is 425 g/mol. The van der Waals surface area contributed by atoms with E-state index in [0.717, 1.165) is 31.2 Å². The van der Waals surface area contributed by atoms with E-state index in [1.54, 1.807) is 25.1 Å². The maximum Gasteiger partial charge on any atom is 0.256 e.